The number of hydrogen-bond donors (Lipinski definition) is 2. The molecule has 0 aromatic carbocycles. The van der Waals surface area contributed by atoms with Crippen LogP contribution in [0.15, 0.2) is 12.1 Å². The Kier molecular flexibility index (Phi) is 3.20. The molecule has 100 valence electrons. The normalized spacial score (nSPS) is 19.3. The lowest BCUT2D eigenvalue weighted by atomic mass is 10.1. The van der Waals surface area contributed by atoms with Crippen molar-refractivity contribution in [2.45, 2.75) is 19.9 Å². The number of hydrogen-bond acceptors (Lipinski definition) is 5. The summed E-state index contributed by atoms with van der Waals surface area (Å²) >= 11 is 0. The lowest BCUT2D eigenvalue weighted by molar-refractivity contribution is -0.138. The molecule has 0 spiro atoms. The number of aromatic nitrogens is 1. The van der Waals surface area contributed by atoms with E-state index in [9.17, 15) is 14.4 Å². The first kappa shape index (κ1) is 13.0. The fraction of sp³-hybridized carbons (Fsp3) is 0.333. The zero-order valence-electron chi connectivity index (χ0n) is 10.6. The maximum Gasteiger partial charge on any atom is 0.255 e. The monoisotopic (exact) mass is 262 g/mol. The van der Waals surface area contributed by atoms with Gasteiger partial charge in [0.1, 0.15) is 18.4 Å². The molecule has 0 saturated carbocycles. The Bertz CT molecular complexity index is 550. The Morgan fingerprint density at radius 2 is 2.16 bits per heavy atom. The number of aryl methyl sites for hydroxylation is 1. The van der Waals surface area contributed by atoms with Crippen molar-refractivity contribution < 1.29 is 14.4 Å². The molecule has 1 aliphatic heterocycles. The highest BCUT2D eigenvalue weighted by atomic mass is 16.2. The molecular weight excluding hydrogens is 248 g/mol. The summed E-state index contributed by atoms with van der Waals surface area (Å²) in [5.74, 6) is -1.16. The van der Waals surface area contributed by atoms with Gasteiger partial charge in [0, 0.05) is 11.3 Å². The molecule has 1 saturated heterocycles. The van der Waals surface area contributed by atoms with Crippen LogP contribution in [-0.4, -0.2) is 40.2 Å². The summed E-state index contributed by atoms with van der Waals surface area (Å²) in [4.78, 5) is 40.4. The zero-order chi connectivity index (χ0) is 14.2. The molecule has 1 aromatic heterocycles. The van der Waals surface area contributed by atoms with Gasteiger partial charge in [-0.3, -0.25) is 19.7 Å². The number of pyridine rings is 1. The number of piperazine rings is 1. The number of amides is 3. The molecule has 0 radical (unpaired) electrons. The Morgan fingerprint density at radius 3 is 2.79 bits per heavy atom. The van der Waals surface area contributed by atoms with Gasteiger partial charge in [-0.2, -0.15) is 0 Å². The molecule has 1 aromatic rings. The molecule has 0 bridgehead atoms. The summed E-state index contributed by atoms with van der Waals surface area (Å²) in [6.45, 7) is 3.13. The van der Waals surface area contributed by atoms with Crippen LogP contribution in [0.2, 0.25) is 0 Å². The highest BCUT2D eigenvalue weighted by Gasteiger charge is 2.34. The van der Waals surface area contributed by atoms with E-state index in [1.807, 2.05) is 0 Å². The lowest BCUT2D eigenvalue weighted by Gasteiger charge is -2.31. The quantitative estimate of drug-likeness (QED) is 0.661. The van der Waals surface area contributed by atoms with E-state index in [1.165, 1.54) is 11.0 Å². The molecule has 1 aliphatic rings. The molecule has 0 aliphatic carbocycles. The van der Waals surface area contributed by atoms with E-state index in [-0.39, 0.29) is 12.4 Å². The second-order valence-corrected chi connectivity index (χ2v) is 4.44. The number of carbonyl (C=O) groups is 3. The molecule has 1 unspecified atom stereocenters. The second kappa shape index (κ2) is 4.68. The van der Waals surface area contributed by atoms with Gasteiger partial charge in [0.2, 0.25) is 11.8 Å². The molecule has 2 rings (SSSR count). The summed E-state index contributed by atoms with van der Waals surface area (Å²) in [5.41, 5.74) is 6.51. The molecule has 2 heterocycles. The smallest absolute Gasteiger partial charge is 0.255 e. The highest BCUT2D eigenvalue weighted by molar-refractivity contribution is 6.07. The van der Waals surface area contributed by atoms with Gasteiger partial charge in [-0.05, 0) is 26.0 Å². The summed E-state index contributed by atoms with van der Waals surface area (Å²) in [7, 11) is 0. The maximum absolute atomic E-state index is 12.3. The van der Waals surface area contributed by atoms with E-state index < -0.39 is 23.8 Å². The van der Waals surface area contributed by atoms with Gasteiger partial charge in [-0.1, -0.05) is 0 Å². The number of anilines is 1. The van der Waals surface area contributed by atoms with Crippen molar-refractivity contribution in [1.29, 1.82) is 0 Å². The fourth-order valence-corrected chi connectivity index (χ4v) is 1.95. The van der Waals surface area contributed by atoms with Crippen molar-refractivity contribution in [1.82, 2.24) is 15.2 Å². The van der Waals surface area contributed by atoms with Crippen LogP contribution in [0.4, 0.5) is 5.82 Å². The first-order valence-electron chi connectivity index (χ1n) is 5.77. The van der Waals surface area contributed by atoms with Crippen LogP contribution in [0, 0.1) is 6.92 Å². The SMILES string of the molecule is Cc1cc(C(=O)N2CC(=O)NC(=O)C2C)cc(N)n1. The number of imide groups is 1. The summed E-state index contributed by atoms with van der Waals surface area (Å²) in [5, 5.41) is 2.18. The topological polar surface area (TPSA) is 105 Å². The maximum atomic E-state index is 12.3. The van der Waals surface area contributed by atoms with Crippen LogP contribution >= 0.6 is 0 Å². The third-order valence-corrected chi connectivity index (χ3v) is 2.90. The van der Waals surface area contributed by atoms with Crippen molar-refractivity contribution in [3.05, 3.63) is 23.4 Å². The van der Waals surface area contributed by atoms with Gasteiger partial charge in [0.25, 0.3) is 5.91 Å². The van der Waals surface area contributed by atoms with Crippen molar-refractivity contribution in [2.24, 2.45) is 0 Å². The van der Waals surface area contributed by atoms with E-state index in [4.69, 9.17) is 5.73 Å². The van der Waals surface area contributed by atoms with Gasteiger partial charge in [0.05, 0.1) is 0 Å². The van der Waals surface area contributed by atoms with Gasteiger partial charge >= 0.3 is 0 Å². The largest absolute Gasteiger partial charge is 0.384 e. The van der Waals surface area contributed by atoms with Gasteiger partial charge in [-0.25, -0.2) is 4.98 Å². The average Bonchev–Trinajstić information content (AvgIpc) is 2.31. The first-order valence-corrected chi connectivity index (χ1v) is 5.77. The average molecular weight is 262 g/mol. The molecule has 1 atom stereocenters. The standard InChI is InChI=1S/C12H14N4O3/c1-6-3-8(4-9(13)14-6)12(19)16-5-10(17)15-11(18)7(16)2/h3-4,7H,5H2,1-2H3,(H2,13,14)(H,15,17,18). The molecule has 7 nitrogen and oxygen atoms in total. The van der Waals surface area contributed by atoms with Crippen LogP contribution < -0.4 is 11.1 Å². The Balaban J connectivity index is 2.32. The van der Waals surface area contributed by atoms with Crippen LogP contribution in [0.5, 0.6) is 0 Å². The van der Waals surface area contributed by atoms with Crippen molar-refractivity contribution >= 4 is 23.5 Å². The van der Waals surface area contributed by atoms with Crippen LogP contribution in [0.25, 0.3) is 0 Å². The highest BCUT2D eigenvalue weighted by Crippen LogP contribution is 2.14. The number of carbonyl (C=O) groups excluding carboxylic acids is 3. The Morgan fingerprint density at radius 1 is 1.47 bits per heavy atom. The summed E-state index contributed by atoms with van der Waals surface area (Å²) in [6.07, 6.45) is 0. The zero-order valence-corrected chi connectivity index (χ0v) is 10.6. The first-order chi connectivity index (χ1) is 8.88. The summed E-state index contributed by atoms with van der Waals surface area (Å²) < 4.78 is 0. The fourth-order valence-electron chi connectivity index (χ4n) is 1.95. The lowest BCUT2D eigenvalue weighted by Crippen LogP contribution is -2.58. The van der Waals surface area contributed by atoms with Gasteiger partial charge in [0.15, 0.2) is 0 Å². The number of nitrogens with two attached hydrogens (primary N) is 1. The third-order valence-electron chi connectivity index (χ3n) is 2.90. The van der Waals surface area contributed by atoms with E-state index in [2.05, 4.69) is 10.3 Å². The van der Waals surface area contributed by atoms with E-state index >= 15 is 0 Å². The number of nitrogens with one attached hydrogen (secondary N) is 1. The Labute approximate surface area is 109 Å². The predicted octanol–water partition coefficient (Wildman–Crippen LogP) is -0.541. The minimum absolute atomic E-state index is 0.146. The van der Waals surface area contributed by atoms with Crippen molar-refractivity contribution in [2.75, 3.05) is 12.3 Å². The van der Waals surface area contributed by atoms with Crippen LogP contribution in [-0.2, 0) is 9.59 Å². The third kappa shape index (κ3) is 2.54. The summed E-state index contributed by atoms with van der Waals surface area (Å²) in [6, 6.07) is 2.31. The van der Waals surface area contributed by atoms with E-state index in [0.717, 1.165) is 0 Å². The molecule has 7 heteroatoms. The minimum Gasteiger partial charge on any atom is -0.384 e. The van der Waals surface area contributed by atoms with E-state index in [1.54, 1.807) is 19.9 Å². The van der Waals surface area contributed by atoms with Gasteiger partial charge in [-0.15, -0.1) is 0 Å². The Hall–Kier alpha value is -2.44. The molecular formula is C12H14N4O3. The minimum atomic E-state index is -0.695. The molecule has 1 fully saturated rings. The van der Waals surface area contributed by atoms with Crippen LogP contribution in [0.3, 0.4) is 0 Å². The van der Waals surface area contributed by atoms with Crippen molar-refractivity contribution in [3.63, 3.8) is 0 Å². The molecule has 19 heavy (non-hydrogen) atoms. The number of rotatable bonds is 1. The second-order valence-electron chi connectivity index (χ2n) is 4.44. The predicted molar refractivity (Wildman–Crippen MR) is 67.0 cm³/mol. The van der Waals surface area contributed by atoms with Crippen molar-refractivity contribution in [3.8, 4) is 0 Å². The number of nitrogen functional groups attached to an aromatic ring is 1. The number of nitrogens with zero attached hydrogens (tertiary/aromatic N) is 2. The van der Waals surface area contributed by atoms with E-state index in [0.29, 0.717) is 11.3 Å². The molecule has 3 amide bonds. The molecule has 3 N–H and O–H groups in total. The van der Waals surface area contributed by atoms with Crippen LogP contribution in [0.1, 0.15) is 23.0 Å². The van der Waals surface area contributed by atoms with Gasteiger partial charge < -0.3 is 10.6 Å².